The van der Waals surface area contributed by atoms with Gasteiger partial charge in [-0.25, -0.2) is 4.98 Å². The molecule has 2 heterocycles. The highest BCUT2D eigenvalue weighted by atomic mass is 15.3. The summed E-state index contributed by atoms with van der Waals surface area (Å²) < 4.78 is 0. The van der Waals surface area contributed by atoms with Crippen molar-refractivity contribution in [2.45, 2.75) is 33.2 Å². The topological polar surface area (TPSA) is 52.0 Å². The zero-order valence-corrected chi connectivity index (χ0v) is 11.3. The van der Waals surface area contributed by atoms with Crippen LogP contribution in [0.25, 0.3) is 0 Å². The number of aromatic nitrogens is 1. The third kappa shape index (κ3) is 2.32. The molecule has 1 saturated heterocycles. The maximum Gasteiger partial charge on any atom is 0.147 e. The van der Waals surface area contributed by atoms with Crippen LogP contribution in [0.15, 0.2) is 6.07 Å². The number of nitrogens with zero attached hydrogens (tertiary/aromatic N) is 3. The molecule has 0 aliphatic carbocycles. The van der Waals surface area contributed by atoms with E-state index in [2.05, 4.69) is 28.2 Å². The minimum absolute atomic E-state index is 0.478. The van der Waals surface area contributed by atoms with Crippen LogP contribution in [0.3, 0.4) is 0 Å². The highest BCUT2D eigenvalue weighted by Crippen LogP contribution is 2.24. The van der Waals surface area contributed by atoms with Gasteiger partial charge in [-0.3, -0.25) is 0 Å². The summed E-state index contributed by atoms with van der Waals surface area (Å²) in [7, 11) is 0. The van der Waals surface area contributed by atoms with Gasteiger partial charge in [-0.15, -0.1) is 0 Å². The van der Waals surface area contributed by atoms with Crippen molar-refractivity contribution in [3.63, 3.8) is 0 Å². The van der Waals surface area contributed by atoms with Crippen LogP contribution in [0.4, 0.5) is 5.82 Å². The molecule has 0 bridgehead atoms. The fourth-order valence-electron chi connectivity index (χ4n) is 2.36. The second-order valence-electron chi connectivity index (χ2n) is 4.90. The molecule has 0 spiro atoms. The van der Waals surface area contributed by atoms with Crippen LogP contribution in [-0.2, 0) is 0 Å². The Hall–Kier alpha value is -1.60. The predicted octanol–water partition coefficient (Wildman–Crippen LogP) is 1.76. The smallest absolute Gasteiger partial charge is 0.147 e. The SMILES string of the molecule is CCCN(c1nc(C)cc(C)c1C#N)C1CNC1. The van der Waals surface area contributed by atoms with E-state index in [9.17, 15) is 5.26 Å². The Balaban J connectivity index is 2.42. The van der Waals surface area contributed by atoms with Crippen LogP contribution in [0.1, 0.15) is 30.2 Å². The Bertz CT molecular complexity index is 471. The zero-order valence-electron chi connectivity index (χ0n) is 11.3. The molecule has 0 radical (unpaired) electrons. The number of pyridine rings is 1. The Kier molecular flexibility index (Phi) is 3.83. The zero-order chi connectivity index (χ0) is 13.1. The third-order valence-electron chi connectivity index (χ3n) is 3.37. The summed E-state index contributed by atoms with van der Waals surface area (Å²) in [6, 6.07) is 4.76. The summed E-state index contributed by atoms with van der Waals surface area (Å²) in [6.07, 6.45) is 1.07. The van der Waals surface area contributed by atoms with E-state index in [0.717, 1.165) is 48.7 Å². The average molecular weight is 244 g/mol. The number of nitrogens with one attached hydrogen (secondary N) is 1. The minimum atomic E-state index is 0.478. The van der Waals surface area contributed by atoms with Crippen molar-refractivity contribution in [1.82, 2.24) is 10.3 Å². The van der Waals surface area contributed by atoms with Gasteiger partial charge in [0.1, 0.15) is 11.9 Å². The van der Waals surface area contributed by atoms with Gasteiger partial charge in [0.25, 0.3) is 0 Å². The highest BCUT2D eigenvalue weighted by Gasteiger charge is 2.27. The van der Waals surface area contributed by atoms with E-state index in [0.29, 0.717) is 6.04 Å². The van der Waals surface area contributed by atoms with Crippen LogP contribution in [-0.4, -0.2) is 30.7 Å². The van der Waals surface area contributed by atoms with Crippen LogP contribution in [0, 0.1) is 25.2 Å². The van der Waals surface area contributed by atoms with Gasteiger partial charge in [-0.1, -0.05) is 6.92 Å². The second kappa shape index (κ2) is 5.36. The molecule has 0 aromatic carbocycles. The molecule has 96 valence electrons. The molecule has 1 N–H and O–H groups in total. The van der Waals surface area contributed by atoms with Crippen molar-refractivity contribution in [2.24, 2.45) is 0 Å². The van der Waals surface area contributed by atoms with Gasteiger partial charge in [-0.2, -0.15) is 5.26 Å². The van der Waals surface area contributed by atoms with Crippen LogP contribution < -0.4 is 10.2 Å². The van der Waals surface area contributed by atoms with Gasteiger partial charge in [-0.05, 0) is 31.9 Å². The maximum absolute atomic E-state index is 9.35. The number of hydrogen-bond donors (Lipinski definition) is 1. The normalized spacial score (nSPS) is 15.0. The van der Waals surface area contributed by atoms with Gasteiger partial charge in [0.2, 0.25) is 0 Å². The molecule has 1 fully saturated rings. The molecular formula is C14H20N4. The van der Waals surface area contributed by atoms with Crippen LogP contribution >= 0.6 is 0 Å². The summed E-state index contributed by atoms with van der Waals surface area (Å²) in [4.78, 5) is 6.89. The quantitative estimate of drug-likeness (QED) is 0.877. The number of hydrogen-bond acceptors (Lipinski definition) is 4. The molecule has 1 aliphatic rings. The van der Waals surface area contributed by atoms with Crippen molar-refractivity contribution in [3.05, 3.63) is 22.9 Å². The van der Waals surface area contributed by atoms with Crippen LogP contribution in [0.2, 0.25) is 0 Å². The molecule has 1 aliphatic heterocycles. The number of aryl methyl sites for hydroxylation is 2. The Morgan fingerprint density at radius 3 is 2.72 bits per heavy atom. The molecule has 4 heteroatoms. The lowest BCUT2D eigenvalue weighted by Gasteiger charge is -2.39. The second-order valence-corrected chi connectivity index (χ2v) is 4.90. The Morgan fingerprint density at radius 2 is 2.22 bits per heavy atom. The first-order valence-electron chi connectivity index (χ1n) is 6.53. The van der Waals surface area contributed by atoms with E-state index >= 15 is 0 Å². The first-order valence-corrected chi connectivity index (χ1v) is 6.53. The lowest BCUT2D eigenvalue weighted by Crippen LogP contribution is -2.58. The number of anilines is 1. The largest absolute Gasteiger partial charge is 0.350 e. The van der Waals surface area contributed by atoms with E-state index in [1.165, 1.54) is 0 Å². The van der Waals surface area contributed by atoms with Crippen molar-refractivity contribution in [3.8, 4) is 6.07 Å². The summed E-state index contributed by atoms with van der Waals surface area (Å²) in [6.45, 7) is 9.06. The number of rotatable bonds is 4. The van der Waals surface area contributed by atoms with Gasteiger partial charge in [0.15, 0.2) is 0 Å². The molecule has 0 amide bonds. The van der Waals surface area contributed by atoms with E-state index in [1.54, 1.807) is 0 Å². The molecular weight excluding hydrogens is 224 g/mol. The predicted molar refractivity (Wildman–Crippen MR) is 72.7 cm³/mol. The minimum Gasteiger partial charge on any atom is -0.350 e. The molecule has 4 nitrogen and oxygen atoms in total. The summed E-state index contributed by atoms with van der Waals surface area (Å²) in [5, 5.41) is 12.6. The van der Waals surface area contributed by atoms with Gasteiger partial charge < -0.3 is 10.2 Å². The molecule has 0 atom stereocenters. The molecule has 0 saturated carbocycles. The summed E-state index contributed by atoms with van der Waals surface area (Å²) in [5.41, 5.74) is 2.73. The van der Waals surface area contributed by atoms with Gasteiger partial charge in [0, 0.05) is 25.3 Å². The van der Waals surface area contributed by atoms with Crippen molar-refractivity contribution in [2.75, 3.05) is 24.5 Å². The molecule has 1 aromatic rings. The highest BCUT2D eigenvalue weighted by molar-refractivity contribution is 5.59. The fourth-order valence-corrected chi connectivity index (χ4v) is 2.36. The van der Waals surface area contributed by atoms with Gasteiger partial charge in [0.05, 0.1) is 11.6 Å². The van der Waals surface area contributed by atoms with Gasteiger partial charge >= 0.3 is 0 Å². The van der Waals surface area contributed by atoms with Crippen molar-refractivity contribution >= 4 is 5.82 Å². The number of nitriles is 1. The fraction of sp³-hybridized carbons (Fsp3) is 0.571. The lowest BCUT2D eigenvalue weighted by molar-refractivity contribution is 0.410. The summed E-state index contributed by atoms with van der Waals surface area (Å²) in [5.74, 6) is 0.864. The molecule has 18 heavy (non-hydrogen) atoms. The van der Waals surface area contributed by atoms with Crippen molar-refractivity contribution < 1.29 is 0 Å². The Morgan fingerprint density at radius 1 is 1.50 bits per heavy atom. The lowest BCUT2D eigenvalue weighted by atomic mass is 10.1. The maximum atomic E-state index is 9.35. The third-order valence-corrected chi connectivity index (χ3v) is 3.37. The molecule has 1 aromatic heterocycles. The first-order chi connectivity index (χ1) is 8.67. The van der Waals surface area contributed by atoms with E-state index < -0.39 is 0 Å². The van der Waals surface area contributed by atoms with Crippen molar-refractivity contribution in [1.29, 1.82) is 5.26 Å². The van der Waals surface area contributed by atoms with E-state index in [-0.39, 0.29) is 0 Å². The van der Waals surface area contributed by atoms with E-state index in [1.807, 2.05) is 19.9 Å². The first kappa shape index (κ1) is 12.8. The molecule has 2 rings (SSSR count). The average Bonchev–Trinajstić information content (AvgIpc) is 2.25. The monoisotopic (exact) mass is 244 g/mol. The Labute approximate surface area is 109 Å². The summed E-state index contributed by atoms with van der Waals surface area (Å²) >= 11 is 0. The standard InChI is InChI=1S/C14H20N4/c1-4-5-18(12-8-16-9-12)14-13(7-15)10(2)6-11(3)17-14/h6,12,16H,4-5,8-9H2,1-3H3. The van der Waals surface area contributed by atoms with E-state index in [4.69, 9.17) is 0 Å². The van der Waals surface area contributed by atoms with Crippen LogP contribution in [0.5, 0.6) is 0 Å². The molecule has 0 unspecified atom stereocenters.